The summed E-state index contributed by atoms with van der Waals surface area (Å²) >= 11 is 0. The van der Waals surface area contributed by atoms with E-state index in [1.54, 1.807) is 19.2 Å². The Bertz CT molecular complexity index is 515. The first-order chi connectivity index (χ1) is 9.43. The van der Waals surface area contributed by atoms with Gasteiger partial charge < -0.3 is 15.2 Å². The molecule has 0 fully saturated rings. The van der Waals surface area contributed by atoms with Gasteiger partial charge in [-0.25, -0.2) is 4.79 Å². The molecule has 2 N–H and O–H groups in total. The Balaban J connectivity index is 2.68. The molecule has 7 nitrogen and oxygen atoms in total. The quantitative estimate of drug-likeness (QED) is 0.736. The van der Waals surface area contributed by atoms with Crippen molar-refractivity contribution in [1.82, 2.24) is 10.3 Å². The van der Waals surface area contributed by atoms with Gasteiger partial charge in [-0.15, -0.1) is 0 Å². The maximum Gasteiger partial charge on any atom is 0.326 e. The second-order valence-corrected chi connectivity index (χ2v) is 4.23. The van der Waals surface area contributed by atoms with Gasteiger partial charge in [0.1, 0.15) is 6.04 Å². The average molecular weight is 280 g/mol. The van der Waals surface area contributed by atoms with E-state index in [1.165, 1.54) is 13.3 Å². The average Bonchev–Trinajstić information content (AvgIpc) is 2.42. The second-order valence-electron chi connectivity index (χ2n) is 4.23. The molecule has 1 aromatic heterocycles. The molecule has 108 valence electrons. The number of nitrogens with zero attached hydrogens (tertiary/aromatic N) is 1. The summed E-state index contributed by atoms with van der Waals surface area (Å²) in [7, 11) is 1.22. The number of methoxy groups -OCH3 is 1. The Hall–Kier alpha value is -2.44. The van der Waals surface area contributed by atoms with E-state index in [1.807, 2.05) is 0 Å². The van der Waals surface area contributed by atoms with Gasteiger partial charge in [0.25, 0.3) is 5.91 Å². The van der Waals surface area contributed by atoms with Crippen LogP contribution in [0, 0.1) is 6.92 Å². The van der Waals surface area contributed by atoms with Crippen LogP contribution in [-0.2, 0) is 14.3 Å². The minimum Gasteiger partial charge on any atom is -0.480 e. The molecule has 1 atom stereocenters. The van der Waals surface area contributed by atoms with Gasteiger partial charge >= 0.3 is 11.9 Å². The van der Waals surface area contributed by atoms with Crippen LogP contribution in [0.5, 0.6) is 0 Å². The summed E-state index contributed by atoms with van der Waals surface area (Å²) in [6.07, 6.45) is 2.82. The van der Waals surface area contributed by atoms with Crippen LogP contribution in [0.1, 0.15) is 28.8 Å². The molecule has 0 bridgehead atoms. The van der Waals surface area contributed by atoms with E-state index in [2.05, 4.69) is 15.0 Å². The number of aromatic nitrogens is 1. The lowest BCUT2D eigenvalue weighted by atomic mass is 10.1. The Morgan fingerprint density at radius 1 is 1.40 bits per heavy atom. The van der Waals surface area contributed by atoms with Crippen molar-refractivity contribution in [1.29, 1.82) is 0 Å². The van der Waals surface area contributed by atoms with Gasteiger partial charge in [0.05, 0.1) is 12.7 Å². The highest BCUT2D eigenvalue weighted by Crippen LogP contribution is 2.04. The van der Waals surface area contributed by atoms with Crippen molar-refractivity contribution >= 4 is 17.8 Å². The number of carboxylic acid groups (broad SMARTS) is 1. The molecule has 1 rings (SSSR count). The highest BCUT2D eigenvalue weighted by molar-refractivity contribution is 5.96. The number of carbonyl (C=O) groups is 3. The maximum atomic E-state index is 11.9. The van der Waals surface area contributed by atoms with Crippen LogP contribution in [-0.4, -0.2) is 41.1 Å². The van der Waals surface area contributed by atoms with Crippen LogP contribution >= 0.6 is 0 Å². The molecule has 0 saturated heterocycles. The molecular weight excluding hydrogens is 264 g/mol. The van der Waals surface area contributed by atoms with Gasteiger partial charge in [0.15, 0.2) is 0 Å². The molecule has 0 radical (unpaired) electrons. The molecule has 0 aliphatic rings. The number of pyridine rings is 1. The standard InChI is InChI=1S/C13H16N2O5/c1-8-5-9(7-14-6-8)12(17)15-10(13(18)19)3-4-11(16)20-2/h5-7,10H,3-4H2,1-2H3,(H,15,17)(H,18,19)/t10-/m0/s1. The molecule has 0 aromatic carbocycles. The van der Waals surface area contributed by atoms with Crippen molar-refractivity contribution in [3.8, 4) is 0 Å². The van der Waals surface area contributed by atoms with E-state index in [9.17, 15) is 14.4 Å². The Morgan fingerprint density at radius 2 is 2.10 bits per heavy atom. The van der Waals surface area contributed by atoms with Crippen LogP contribution in [0.3, 0.4) is 0 Å². The number of aliphatic carboxylic acids is 1. The number of carboxylic acids is 1. The third kappa shape index (κ3) is 4.68. The fourth-order valence-electron chi connectivity index (χ4n) is 1.54. The van der Waals surface area contributed by atoms with Gasteiger partial charge in [0, 0.05) is 18.8 Å². The van der Waals surface area contributed by atoms with E-state index in [0.29, 0.717) is 0 Å². The predicted molar refractivity (Wildman–Crippen MR) is 69.1 cm³/mol. The first-order valence-electron chi connectivity index (χ1n) is 5.96. The maximum absolute atomic E-state index is 11.9. The topological polar surface area (TPSA) is 106 Å². The highest BCUT2D eigenvalue weighted by Gasteiger charge is 2.22. The van der Waals surface area contributed by atoms with E-state index in [4.69, 9.17) is 5.11 Å². The highest BCUT2D eigenvalue weighted by atomic mass is 16.5. The lowest BCUT2D eigenvalue weighted by molar-refractivity contribution is -0.142. The lowest BCUT2D eigenvalue weighted by Crippen LogP contribution is -2.41. The summed E-state index contributed by atoms with van der Waals surface area (Å²) < 4.78 is 4.43. The van der Waals surface area contributed by atoms with Gasteiger partial charge in [-0.1, -0.05) is 0 Å². The van der Waals surface area contributed by atoms with Crippen molar-refractivity contribution in [3.05, 3.63) is 29.6 Å². The van der Waals surface area contributed by atoms with Crippen LogP contribution in [0.15, 0.2) is 18.5 Å². The molecule has 0 aliphatic carbocycles. The van der Waals surface area contributed by atoms with Crippen molar-refractivity contribution in [2.24, 2.45) is 0 Å². The Labute approximate surface area is 116 Å². The van der Waals surface area contributed by atoms with Crippen molar-refractivity contribution in [3.63, 3.8) is 0 Å². The SMILES string of the molecule is COC(=O)CC[C@H](NC(=O)c1cncc(C)c1)C(=O)O. The molecule has 1 heterocycles. The number of nitrogens with one attached hydrogen (secondary N) is 1. The number of esters is 1. The van der Waals surface area contributed by atoms with Crippen LogP contribution < -0.4 is 5.32 Å². The molecule has 1 aromatic rings. The summed E-state index contributed by atoms with van der Waals surface area (Å²) in [6.45, 7) is 1.77. The summed E-state index contributed by atoms with van der Waals surface area (Å²) in [4.78, 5) is 37.8. The molecule has 0 aliphatic heterocycles. The first kappa shape index (κ1) is 15.6. The summed E-state index contributed by atoms with van der Waals surface area (Å²) in [5.41, 5.74) is 1.06. The molecule has 0 unspecified atom stereocenters. The van der Waals surface area contributed by atoms with E-state index < -0.39 is 23.9 Å². The van der Waals surface area contributed by atoms with E-state index in [-0.39, 0.29) is 18.4 Å². The minimum absolute atomic E-state index is 0.0347. The fourth-order valence-corrected chi connectivity index (χ4v) is 1.54. The number of hydrogen-bond acceptors (Lipinski definition) is 5. The zero-order valence-corrected chi connectivity index (χ0v) is 11.3. The molecule has 20 heavy (non-hydrogen) atoms. The number of amides is 1. The van der Waals surface area contributed by atoms with Gasteiger partial charge in [-0.05, 0) is 25.0 Å². The monoisotopic (exact) mass is 280 g/mol. The minimum atomic E-state index is -1.21. The molecule has 0 saturated carbocycles. The lowest BCUT2D eigenvalue weighted by Gasteiger charge is -2.13. The van der Waals surface area contributed by atoms with E-state index >= 15 is 0 Å². The summed E-state index contributed by atoms with van der Waals surface area (Å²) in [6, 6.07) is 0.448. The fraction of sp³-hybridized carbons (Fsp3) is 0.385. The van der Waals surface area contributed by atoms with Crippen LogP contribution in [0.2, 0.25) is 0 Å². The number of aryl methyl sites for hydroxylation is 1. The van der Waals surface area contributed by atoms with Crippen molar-refractivity contribution < 1.29 is 24.2 Å². The van der Waals surface area contributed by atoms with Gasteiger partial charge in [-0.2, -0.15) is 0 Å². The first-order valence-corrected chi connectivity index (χ1v) is 5.96. The molecular formula is C13H16N2O5. The van der Waals surface area contributed by atoms with Crippen LogP contribution in [0.4, 0.5) is 0 Å². The zero-order chi connectivity index (χ0) is 15.1. The van der Waals surface area contributed by atoms with Crippen LogP contribution in [0.25, 0.3) is 0 Å². The third-order valence-corrected chi connectivity index (χ3v) is 2.61. The second kappa shape index (κ2) is 7.22. The van der Waals surface area contributed by atoms with Gasteiger partial charge in [-0.3, -0.25) is 14.6 Å². The Morgan fingerprint density at radius 3 is 2.65 bits per heavy atom. The number of ether oxygens (including phenoxy) is 1. The summed E-state index contributed by atoms with van der Waals surface area (Å²) in [5.74, 6) is -2.27. The van der Waals surface area contributed by atoms with Gasteiger partial charge in [0.2, 0.25) is 0 Å². The number of carbonyl (C=O) groups excluding carboxylic acids is 2. The summed E-state index contributed by atoms with van der Waals surface area (Å²) in [5, 5.41) is 11.4. The number of hydrogen-bond donors (Lipinski definition) is 2. The zero-order valence-electron chi connectivity index (χ0n) is 11.3. The molecule has 7 heteroatoms. The van der Waals surface area contributed by atoms with E-state index in [0.717, 1.165) is 5.56 Å². The molecule has 0 spiro atoms. The Kier molecular flexibility index (Phi) is 5.64. The largest absolute Gasteiger partial charge is 0.480 e. The predicted octanol–water partition coefficient (Wildman–Crippen LogP) is 0.526. The third-order valence-electron chi connectivity index (χ3n) is 2.61. The molecule has 1 amide bonds. The number of rotatable bonds is 6. The normalized spacial score (nSPS) is 11.5. The van der Waals surface area contributed by atoms with Crippen molar-refractivity contribution in [2.75, 3.05) is 7.11 Å². The van der Waals surface area contributed by atoms with Crippen molar-refractivity contribution in [2.45, 2.75) is 25.8 Å². The smallest absolute Gasteiger partial charge is 0.326 e.